The summed E-state index contributed by atoms with van der Waals surface area (Å²) in [6, 6.07) is 22.1. The molecule has 0 spiro atoms. The minimum absolute atomic E-state index is 0.0221. The van der Waals surface area contributed by atoms with E-state index < -0.39 is 0 Å². The molecule has 0 unspecified atom stereocenters. The Morgan fingerprint density at radius 1 is 1.04 bits per heavy atom. The van der Waals surface area contributed by atoms with E-state index in [1.165, 1.54) is 0 Å². The van der Waals surface area contributed by atoms with E-state index in [1.54, 1.807) is 6.33 Å². The van der Waals surface area contributed by atoms with Gasteiger partial charge in [-0.2, -0.15) is 0 Å². The lowest BCUT2D eigenvalue weighted by molar-refractivity contribution is -0.135. The van der Waals surface area contributed by atoms with Crippen LogP contribution in [0.4, 0.5) is 5.82 Å². The number of carbonyl (C=O) groups excluding carboxylic acids is 1. The van der Waals surface area contributed by atoms with Crippen LogP contribution in [0.15, 0.2) is 73.1 Å². The molecule has 0 saturated carbocycles. The van der Waals surface area contributed by atoms with E-state index in [1.807, 2.05) is 78.7 Å². The van der Waals surface area contributed by atoms with Crippen LogP contribution in [-0.4, -0.2) is 40.9 Å². The Labute approximate surface area is 159 Å². The van der Waals surface area contributed by atoms with E-state index in [4.69, 9.17) is 0 Å². The highest BCUT2D eigenvalue weighted by Gasteiger charge is 2.35. The number of rotatable bonds is 5. The largest absolute Gasteiger partial charge is 0.355 e. The highest BCUT2D eigenvalue weighted by Crippen LogP contribution is 2.27. The van der Waals surface area contributed by atoms with Crippen LogP contribution < -0.4 is 4.90 Å². The minimum atomic E-state index is 0.0221. The van der Waals surface area contributed by atoms with Crippen molar-refractivity contribution in [1.29, 1.82) is 0 Å². The van der Waals surface area contributed by atoms with Crippen molar-refractivity contribution in [2.24, 2.45) is 5.92 Å². The second-order valence-corrected chi connectivity index (χ2v) is 6.91. The van der Waals surface area contributed by atoms with Crippen LogP contribution in [0.3, 0.4) is 0 Å². The summed E-state index contributed by atoms with van der Waals surface area (Å²) in [5.41, 5.74) is 3.11. The summed E-state index contributed by atoms with van der Waals surface area (Å²) in [4.78, 5) is 25.4. The van der Waals surface area contributed by atoms with Crippen molar-refractivity contribution >= 4 is 11.7 Å². The van der Waals surface area contributed by atoms with Crippen LogP contribution in [0.5, 0.6) is 0 Å². The molecule has 3 aromatic rings. The van der Waals surface area contributed by atoms with E-state index >= 15 is 0 Å². The number of hydrogen-bond acceptors (Lipinski definition) is 4. The molecule has 0 aliphatic carbocycles. The fraction of sp³-hybridized carbons (Fsp3) is 0.227. The van der Waals surface area contributed by atoms with Crippen molar-refractivity contribution in [1.82, 2.24) is 14.9 Å². The van der Waals surface area contributed by atoms with E-state index in [9.17, 15) is 4.79 Å². The fourth-order valence-electron chi connectivity index (χ4n) is 3.36. The summed E-state index contributed by atoms with van der Waals surface area (Å²) in [6.07, 6.45) is 1.59. The number of benzene rings is 2. The fourth-order valence-corrected chi connectivity index (χ4v) is 3.36. The van der Waals surface area contributed by atoms with Crippen LogP contribution in [0, 0.1) is 5.92 Å². The molecule has 1 fully saturated rings. The SMILES string of the molecule is CN(Cc1ccccc1)C(=O)C1CN(c2cc(-c3ccccc3)ncn2)C1. The third-order valence-corrected chi connectivity index (χ3v) is 4.92. The van der Waals surface area contributed by atoms with Crippen molar-refractivity contribution in [3.8, 4) is 11.3 Å². The lowest BCUT2D eigenvalue weighted by Crippen LogP contribution is -2.54. The van der Waals surface area contributed by atoms with Gasteiger partial charge in [0.15, 0.2) is 0 Å². The average molecular weight is 358 g/mol. The second-order valence-electron chi connectivity index (χ2n) is 6.91. The summed E-state index contributed by atoms with van der Waals surface area (Å²) < 4.78 is 0. The summed E-state index contributed by atoms with van der Waals surface area (Å²) in [5.74, 6) is 1.08. The topological polar surface area (TPSA) is 49.3 Å². The molecule has 4 rings (SSSR count). The van der Waals surface area contributed by atoms with E-state index in [2.05, 4.69) is 14.9 Å². The van der Waals surface area contributed by atoms with Gasteiger partial charge in [-0.1, -0.05) is 60.7 Å². The third-order valence-electron chi connectivity index (χ3n) is 4.92. The summed E-state index contributed by atoms with van der Waals surface area (Å²) >= 11 is 0. The highest BCUT2D eigenvalue weighted by atomic mass is 16.2. The maximum Gasteiger partial charge on any atom is 0.229 e. The molecular weight excluding hydrogens is 336 g/mol. The van der Waals surface area contributed by atoms with Gasteiger partial charge >= 0.3 is 0 Å². The van der Waals surface area contributed by atoms with Crippen molar-refractivity contribution < 1.29 is 4.79 Å². The first-order chi connectivity index (χ1) is 13.2. The van der Waals surface area contributed by atoms with Gasteiger partial charge in [0.2, 0.25) is 5.91 Å². The zero-order valence-electron chi connectivity index (χ0n) is 15.3. The van der Waals surface area contributed by atoms with Crippen molar-refractivity contribution in [2.75, 3.05) is 25.0 Å². The van der Waals surface area contributed by atoms with Crippen LogP contribution >= 0.6 is 0 Å². The van der Waals surface area contributed by atoms with Gasteiger partial charge in [-0.25, -0.2) is 9.97 Å². The van der Waals surface area contributed by atoms with Crippen LogP contribution in [0.25, 0.3) is 11.3 Å². The van der Waals surface area contributed by atoms with Crippen LogP contribution in [0.1, 0.15) is 5.56 Å². The molecule has 0 atom stereocenters. The molecule has 1 saturated heterocycles. The third kappa shape index (κ3) is 3.82. The molecule has 136 valence electrons. The molecule has 0 radical (unpaired) electrons. The number of carbonyl (C=O) groups is 1. The number of amides is 1. The van der Waals surface area contributed by atoms with Crippen molar-refractivity contribution in [3.63, 3.8) is 0 Å². The Morgan fingerprint density at radius 2 is 1.70 bits per heavy atom. The quantitative estimate of drug-likeness (QED) is 0.703. The summed E-state index contributed by atoms with van der Waals surface area (Å²) in [6.45, 7) is 2.04. The number of anilines is 1. The first-order valence-corrected chi connectivity index (χ1v) is 9.12. The van der Waals surface area contributed by atoms with Gasteiger partial charge in [-0.05, 0) is 5.56 Å². The molecule has 1 amide bonds. The molecule has 2 heterocycles. The van der Waals surface area contributed by atoms with Gasteiger partial charge in [0.25, 0.3) is 0 Å². The van der Waals surface area contributed by atoms with E-state index in [0.29, 0.717) is 19.6 Å². The van der Waals surface area contributed by atoms with E-state index in [-0.39, 0.29) is 11.8 Å². The maximum absolute atomic E-state index is 12.7. The first kappa shape index (κ1) is 17.2. The van der Waals surface area contributed by atoms with Gasteiger partial charge in [0.1, 0.15) is 12.1 Å². The lowest BCUT2D eigenvalue weighted by Gasteiger charge is -2.40. The molecule has 1 aliphatic heterocycles. The monoisotopic (exact) mass is 358 g/mol. The van der Waals surface area contributed by atoms with Crippen molar-refractivity contribution in [2.45, 2.75) is 6.54 Å². The predicted molar refractivity (Wildman–Crippen MR) is 106 cm³/mol. The lowest BCUT2D eigenvalue weighted by atomic mass is 9.98. The molecule has 5 heteroatoms. The summed E-state index contributed by atoms with van der Waals surface area (Å²) in [7, 11) is 1.87. The highest BCUT2D eigenvalue weighted by molar-refractivity contribution is 5.81. The maximum atomic E-state index is 12.7. The molecular formula is C22H22N4O. The normalized spacial score (nSPS) is 13.9. The Kier molecular flexibility index (Phi) is 4.83. The molecule has 1 aromatic heterocycles. The van der Waals surface area contributed by atoms with E-state index in [0.717, 1.165) is 22.6 Å². The standard InChI is InChI=1S/C22H22N4O/c1-25(13-17-8-4-2-5-9-17)22(27)19-14-26(15-19)21-12-20(23-16-24-21)18-10-6-3-7-11-18/h2-12,16,19H,13-15H2,1H3. The van der Waals surface area contributed by atoms with Gasteiger partial charge < -0.3 is 9.80 Å². The Hall–Kier alpha value is -3.21. The Morgan fingerprint density at radius 3 is 2.41 bits per heavy atom. The van der Waals surface area contributed by atoms with Gasteiger partial charge in [-0.3, -0.25) is 4.79 Å². The van der Waals surface area contributed by atoms with Crippen molar-refractivity contribution in [3.05, 3.63) is 78.6 Å². The molecule has 1 aliphatic rings. The number of aromatic nitrogens is 2. The van der Waals surface area contributed by atoms with Gasteiger partial charge in [0, 0.05) is 38.3 Å². The van der Waals surface area contributed by atoms with Crippen LogP contribution in [-0.2, 0) is 11.3 Å². The smallest absolute Gasteiger partial charge is 0.229 e. The van der Waals surface area contributed by atoms with Gasteiger partial charge in [0.05, 0.1) is 11.6 Å². The second kappa shape index (κ2) is 7.58. The Bertz CT molecular complexity index is 908. The average Bonchev–Trinajstić information content (AvgIpc) is 2.68. The molecule has 0 N–H and O–H groups in total. The summed E-state index contributed by atoms with van der Waals surface area (Å²) in [5, 5.41) is 0. The predicted octanol–water partition coefficient (Wildman–Crippen LogP) is 3.24. The molecule has 0 bridgehead atoms. The Balaban J connectivity index is 1.37. The molecule has 2 aromatic carbocycles. The zero-order valence-corrected chi connectivity index (χ0v) is 15.3. The van der Waals surface area contributed by atoms with Crippen LogP contribution in [0.2, 0.25) is 0 Å². The zero-order chi connectivity index (χ0) is 18.6. The minimum Gasteiger partial charge on any atom is -0.355 e. The number of hydrogen-bond donors (Lipinski definition) is 0. The van der Waals surface area contributed by atoms with Gasteiger partial charge in [-0.15, -0.1) is 0 Å². The first-order valence-electron chi connectivity index (χ1n) is 9.12. The molecule has 27 heavy (non-hydrogen) atoms. The number of nitrogens with zero attached hydrogens (tertiary/aromatic N) is 4. The molecule has 5 nitrogen and oxygen atoms in total.